The molecule has 1 aromatic heterocycles. The van der Waals surface area contributed by atoms with Crippen LogP contribution in [0, 0.1) is 5.82 Å². The molecule has 2 aromatic carbocycles. The number of carbonyl (C=O) groups excluding carboxylic acids is 2. The molecule has 0 bridgehead atoms. The molecule has 2 amide bonds. The van der Waals surface area contributed by atoms with E-state index in [-0.39, 0.29) is 43.7 Å². The van der Waals surface area contributed by atoms with Crippen molar-refractivity contribution in [1.29, 1.82) is 0 Å². The van der Waals surface area contributed by atoms with Gasteiger partial charge in [0.25, 0.3) is 0 Å². The molecule has 3 aromatic rings. The van der Waals surface area contributed by atoms with Gasteiger partial charge in [-0.2, -0.15) is 0 Å². The molecule has 3 heterocycles. The fourth-order valence-corrected chi connectivity index (χ4v) is 5.10. The van der Waals surface area contributed by atoms with Crippen molar-refractivity contribution in [3.63, 3.8) is 0 Å². The lowest BCUT2D eigenvalue weighted by Crippen LogP contribution is -2.59. The number of rotatable bonds is 7. The molecule has 2 fully saturated rings. The highest BCUT2D eigenvalue weighted by Crippen LogP contribution is 2.27. The molecule has 0 radical (unpaired) electrons. The molecule has 1 unspecified atom stereocenters. The minimum atomic E-state index is -0.977. The summed E-state index contributed by atoms with van der Waals surface area (Å²) in [6.45, 7) is 2.82. The zero-order chi connectivity index (χ0) is 25.0. The van der Waals surface area contributed by atoms with Crippen molar-refractivity contribution < 1.29 is 23.5 Å². The first kappa shape index (κ1) is 24.3. The molecule has 36 heavy (non-hydrogen) atoms. The fraction of sp³-hybridized carbons (Fsp3) is 0.429. The number of amides is 2. The van der Waals surface area contributed by atoms with Crippen LogP contribution in [0.3, 0.4) is 0 Å². The lowest BCUT2D eigenvalue weighted by atomic mass is 9.96. The van der Waals surface area contributed by atoms with Crippen molar-refractivity contribution in [1.82, 2.24) is 14.4 Å². The van der Waals surface area contributed by atoms with Gasteiger partial charge in [0.05, 0.1) is 19.6 Å². The Balaban J connectivity index is 1.32. The van der Waals surface area contributed by atoms with Crippen LogP contribution in [0.4, 0.5) is 4.39 Å². The third-order valence-electron chi connectivity index (χ3n) is 7.08. The molecule has 0 spiro atoms. The predicted octanol–water partition coefficient (Wildman–Crippen LogP) is 3.86. The van der Waals surface area contributed by atoms with Crippen LogP contribution in [0.2, 0.25) is 0 Å². The first-order valence-corrected chi connectivity index (χ1v) is 12.6. The number of likely N-dealkylation sites (tertiary alicyclic amines) is 1. The van der Waals surface area contributed by atoms with Crippen LogP contribution in [0.25, 0.3) is 10.9 Å². The number of aromatic nitrogens is 1. The molecular formula is C28H32FN3O4. The molecule has 0 N–H and O–H groups in total. The quantitative estimate of drug-likeness (QED) is 0.502. The van der Waals surface area contributed by atoms with Crippen LogP contribution in [0.5, 0.6) is 5.75 Å². The van der Waals surface area contributed by atoms with Crippen molar-refractivity contribution in [3.05, 3.63) is 66.6 Å². The van der Waals surface area contributed by atoms with Gasteiger partial charge in [-0.1, -0.05) is 18.2 Å². The maximum atomic E-state index is 13.4. The number of para-hydroxylation sites is 1. The Morgan fingerprint density at radius 1 is 0.917 bits per heavy atom. The second-order valence-electron chi connectivity index (χ2n) is 9.71. The maximum absolute atomic E-state index is 13.4. The Bertz CT molecular complexity index is 1200. The van der Waals surface area contributed by atoms with Crippen molar-refractivity contribution in [3.8, 4) is 5.75 Å². The van der Waals surface area contributed by atoms with E-state index < -0.39 is 5.60 Å². The zero-order valence-electron chi connectivity index (χ0n) is 20.4. The highest BCUT2D eigenvalue weighted by molar-refractivity contribution is 5.83. The second kappa shape index (κ2) is 10.7. The van der Waals surface area contributed by atoms with Gasteiger partial charge in [-0.05, 0) is 61.0 Å². The monoisotopic (exact) mass is 493 g/mol. The summed E-state index contributed by atoms with van der Waals surface area (Å²) in [7, 11) is 0. The minimum Gasteiger partial charge on any atom is -0.490 e. The molecule has 8 heteroatoms. The van der Waals surface area contributed by atoms with E-state index in [9.17, 15) is 14.0 Å². The van der Waals surface area contributed by atoms with E-state index >= 15 is 0 Å². The highest BCUT2D eigenvalue weighted by Gasteiger charge is 2.42. The van der Waals surface area contributed by atoms with E-state index in [1.807, 2.05) is 46.0 Å². The van der Waals surface area contributed by atoms with Crippen LogP contribution in [-0.2, 0) is 20.9 Å². The van der Waals surface area contributed by atoms with Gasteiger partial charge in [0.1, 0.15) is 30.3 Å². The Hall–Kier alpha value is -3.39. The highest BCUT2D eigenvalue weighted by atomic mass is 19.1. The average molecular weight is 494 g/mol. The second-order valence-corrected chi connectivity index (χ2v) is 9.71. The Morgan fingerprint density at radius 2 is 1.69 bits per heavy atom. The molecule has 0 aliphatic carbocycles. The summed E-state index contributed by atoms with van der Waals surface area (Å²) in [6, 6.07) is 15.7. The first-order chi connectivity index (χ1) is 17.5. The SMILES string of the molecule is O=C(CC1(COc2ccc(F)cc2)CN(C(=O)Cn2ccc3ccccc32)CCO1)N1CCCCC1. The topological polar surface area (TPSA) is 64.0 Å². The van der Waals surface area contributed by atoms with Gasteiger partial charge < -0.3 is 23.8 Å². The molecule has 190 valence electrons. The van der Waals surface area contributed by atoms with Crippen molar-refractivity contribution >= 4 is 22.7 Å². The predicted molar refractivity (Wildman–Crippen MR) is 134 cm³/mol. The lowest BCUT2D eigenvalue weighted by Gasteiger charge is -2.43. The van der Waals surface area contributed by atoms with Crippen LogP contribution in [0.1, 0.15) is 25.7 Å². The number of ether oxygens (including phenoxy) is 2. The standard InChI is InChI=1S/C28H32FN3O4/c29-23-8-10-24(11-9-23)35-21-28(18-26(33)30-13-4-1-5-14-30)20-32(16-17-36-28)27(34)19-31-15-12-22-6-2-3-7-25(22)31/h2-3,6-12,15H,1,4-5,13-14,16-21H2. The normalized spacial score (nSPS) is 20.5. The van der Waals surface area contributed by atoms with Gasteiger partial charge in [0.15, 0.2) is 0 Å². The molecule has 2 saturated heterocycles. The molecule has 2 aliphatic heterocycles. The zero-order valence-corrected chi connectivity index (χ0v) is 20.4. The van der Waals surface area contributed by atoms with E-state index in [1.54, 1.807) is 17.0 Å². The summed E-state index contributed by atoms with van der Waals surface area (Å²) < 4.78 is 27.5. The van der Waals surface area contributed by atoms with Gasteiger partial charge in [0.2, 0.25) is 11.8 Å². The summed E-state index contributed by atoms with van der Waals surface area (Å²) in [4.78, 5) is 30.3. The number of carbonyl (C=O) groups is 2. The van der Waals surface area contributed by atoms with Gasteiger partial charge in [-0.3, -0.25) is 9.59 Å². The van der Waals surface area contributed by atoms with E-state index in [0.717, 1.165) is 43.3 Å². The summed E-state index contributed by atoms with van der Waals surface area (Å²) in [6.07, 6.45) is 5.19. The first-order valence-electron chi connectivity index (χ1n) is 12.6. The molecule has 5 rings (SSSR count). The number of benzene rings is 2. The summed E-state index contributed by atoms with van der Waals surface area (Å²) in [5.41, 5.74) is 0.0283. The van der Waals surface area contributed by atoms with Gasteiger partial charge >= 0.3 is 0 Å². The molecule has 7 nitrogen and oxygen atoms in total. The number of nitrogens with zero attached hydrogens (tertiary/aromatic N) is 3. The van der Waals surface area contributed by atoms with Gasteiger partial charge in [-0.15, -0.1) is 0 Å². The van der Waals surface area contributed by atoms with Crippen LogP contribution < -0.4 is 4.74 Å². The summed E-state index contributed by atoms with van der Waals surface area (Å²) in [5.74, 6) is 0.131. The van der Waals surface area contributed by atoms with E-state index in [0.29, 0.717) is 18.9 Å². The molecule has 2 aliphatic rings. The molecular weight excluding hydrogens is 461 g/mol. The van der Waals surface area contributed by atoms with E-state index in [2.05, 4.69) is 0 Å². The van der Waals surface area contributed by atoms with Gasteiger partial charge in [-0.25, -0.2) is 4.39 Å². The molecule has 0 saturated carbocycles. The number of halogens is 1. The Labute approximate surface area is 210 Å². The number of piperidine rings is 1. The summed E-state index contributed by atoms with van der Waals surface area (Å²) >= 11 is 0. The fourth-order valence-electron chi connectivity index (χ4n) is 5.10. The smallest absolute Gasteiger partial charge is 0.242 e. The third-order valence-corrected chi connectivity index (χ3v) is 7.08. The maximum Gasteiger partial charge on any atom is 0.242 e. The van der Waals surface area contributed by atoms with Crippen molar-refractivity contribution in [2.45, 2.75) is 37.8 Å². The lowest BCUT2D eigenvalue weighted by molar-refractivity contribution is -0.166. The number of hydrogen-bond acceptors (Lipinski definition) is 4. The average Bonchev–Trinajstić information content (AvgIpc) is 3.32. The molecule has 1 atom stereocenters. The number of fused-ring (bicyclic) bond motifs is 1. The Kier molecular flexibility index (Phi) is 7.23. The minimum absolute atomic E-state index is 0.0168. The Morgan fingerprint density at radius 3 is 2.50 bits per heavy atom. The number of morpholine rings is 1. The van der Waals surface area contributed by atoms with Crippen LogP contribution >= 0.6 is 0 Å². The van der Waals surface area contributed by atoms with Crippen LogP contribution in [0.15, 0.2) is 60.8 Å². The third kappa shape index (κ3) is 5.54. The van der Waals surface area contributed by atoms with Crippen molar-refractivity contribution in [2.24, 2.45) is 0 Å². The van der Waals surface area contributed by atoms with E-state index in [4.69, 9.17) is 9.47 Å². The van der Waals surface area contributed by atoms with Crippen molar-refractivity contribution in [2.75, 3.05) is 39.4 Å². The largest absolute Gasteiger partial charge is 0.490 e. The van der Waals surface area contributed by atoms with E-state index in [1.165, 1.54) is 12.1 Å². The number of hydrogen-bond donors (Lipinski definition) is 0. The van der Waals surface area contributed by atoms with Gasteiger partial charge in [0, 0.05) is 31.3 Å². The van der Waals surface area contributed by atoms with Crippen LogP contribution in [-0.4, -0.2) is 71.2 Å². The summed E-state index contributed by atoms with van der Waals surface area (Å²) in [5, 5.41) is 1.08.